The third-order valence-electron chi connectivity index (χ3n) is 3.12. The molecule has 4 heteroatoms. The van der Waals surface area contributed by atoms with E-state index in [2.05, 4.69) is 5.32 Å². The summed E-state index contributed by atoms with van der Waals surface area (Å²) in [5, 5.41) is 2.93. The van der Waals surface area contributed by atoms with Crippen LogP contribution in [-0.2, 0) is 0 Å². The molecule has 0 amide bonds. The van der Waals surface area contributed by atoms with Crippen molar-refractivity contribution in [3.8, 4) is 0 Å². The van der Waals surface area contributed by atoms with Gasteiger partial charge in [0.15, 0.2) is 11.6 Å². The SMILES string of the molecule is CNC(c1ccc(F)cc1C)c1cccc(F)c1F. The summed E-state index contributed by atoms with van der Waals surface area (Å²) < 4.78 is 40.2. The fourth-order valence-electron chi connectivity index (χ4n) is 2.18. The van der Waals surface area contributed by atoms with Crippen molar-refractivity contribution in [2.75, 3.05) is 7.05 Å². The van der Waals surface area contributed by atoms with E-state index in [-0.39, 0.29) is 11.4 Å². The molecule has 0 saturated heterocycles. The summed E-state index contributed by atoms with van der Waals surface area (Å²) in [5.74, 6) is -2.13. The Morgan fingerprint density at radius 2 is 1.74 bits per heavy atom. The fourth-order valence-corrected chi connectivity index (χ4v) is 2.18. The molecule has 2 aromatic carbocycles. The molecule has 0 fully saturated rings. The van der Waals surface area contributed by atoms with Crippen LogP contribution in [0.5, 0.6) is 0 Å². The Balaban J connectivity index is 2.53. The summed E-state index contributed by atoms with van der Waals surface area (Å²) in [6, 6.07) is 7.79. The Bertz CT molecular complexity index is 596. The summed E-state index contributed by atoms with van der Waals surface area (Å²) >= 11 is 0. The van der Waals surface area contributed by atoms with Gasteiger partial charge in [0, 0.05) is 5.56 Å². The van der Waals surface area contributed by atoms with Crippen LogP contribution in [0.1, 0.15) is 22.7 Å². The Kier molecular flexibility index (Phi) is 3.90. The topological polar surface area (TPSA) is 12.0 Å². The predicted octanol–water partition coefficient (Wildman–Crippen LogP) is 3.72. The van der Waals surface area contributed by atoms with Crippen molar-refractivity contribution in [1.82, 2.24) is 5.32 Å². The maximum absolute atomic E-state index is 13.8. The molecule has 1 nitrogen and oxygen atoms in total. The number of aryl methyl sites for hydroxylation is 1. The highest BCUT2D eigenvalue weighted by Gasteiger charge is 2.20. The van der Waals surface area contributed by atoms with Gasteiger partial charge in [-0.3, -0.25) is 0 Å². The van der Waals surface area contributed by atoms with E-state index in [0.717, 1.165) is 6.07 Å². The molecule has 2 rings (SSSR count). The molecule has 0 saturated carbocycles. The minimum Gasteiger partial charge on any atom is -0.309 e. The van der Waals surface area contributed by atoms with E-state index in [9.17, 15) is 13.2 Å². The van der Waals surface area contributed by atoms with E-state index >= 15 is 0 Å². The zero-order valence-electron chi connectivity index (χ0n) is 10.7. The molecule has 0 aromatic heterocycles. The molecule has 0 spiro atoms. The second-order valence-corrected chi connectivity index (χ2v) is 4.37. The molecule has 0 aliphatic carbocycles. The highest BCUT2D eigenvalue weighted by Crippen LogP contribution is 2.27. The van der Waals surface area contributed by atoms with Crippen LogP contribution in [-0.4, -0.2) is 7.05 Å². The molecule has 100 valence electrons. The Morgan fingerprint density at radius 3 is 2.37 bits per heavy atom. The van der Waals surface area contributed by atoms with Crippen molar-refractivity contribution in [2.24, 2.45) is 0 Å². The second-order valence-electron chi connectivity index (χ2n) is 4.37. The minimum absolute atomic E-state index is 0.206. The molecule has 1 unspecified atom stereocenters. The largest absolute Gasteiger partial charge is 0.309 e. The van der Waals surface area contributed by atoms with E-state index in [0.29, 0.717) is 11.1 Å². The van der Waals surface area contributed by atoms with Gasteiger partial charge in [0.1, 0.15) is 5.82 Å². The zero-order valence-corrected chi connectivity index (χ0v) is 10.7. The Labute approximate surface area is 110 Å². The van der Waals surface area contributed by atoms with Crippen molar-refractivity contribution in [1.29, 1.82) is 0 Å². The minimum atomic E-state index is -0.891. The summed E-state index contributed by atoms with van der Waals surface area (Å²) in [6.45, 7) is 1.74. The van der Waals surface area contributed by atoms with Crippen LogP contribution >= 0.6 is 0 Å². The van der Waals surface area contributed by atoms with Crippen molar-refractivity contribution in [3.63, 3.8) is 0 Å². The van der Waals surface area contributed by atoms with E-state index < -0.39 is 17.7 Å². The lowest BCUT2D eigenvalue weighted by molar-refractivity contribution is 0.487. The summed E-state index contributed by atoms with van der Waals surface area (Å²) in [6.07, 6.45) is 0. The maximum atomic E-state index is 13.8. The molecule has 0 aliphatic rings. The third kappa shape index (κ3) is 2.63. The van der Waals surface area contributed by atoms with Crippen LogP contribution in [0.3, 0.4) is 0 Å². The summed E-state index contributed by atoms with van der Waals surface area (Å²) in [4.78, 5) is 0. The number of halogens is 3. The lowest BCUT2D eigenvalue weighted by atomic mass is 9.94. The van der Waals surface area contributed by atoms with Crippen LogP contribution in [0.25, 0.3) is 0 Å². The standard InChI is InChI=1S/C15H14F3N/c1-9-8-10(16)6-7-11(9)15(19-2)12-4-3-5-13(17)14(12)18/h3-8,15,19H,1-2H3. The van der Waals surface area contributed by atoms with Crippen molar-refractivity contribution >= 4 is 0 Å². The Hall–Kier alpha value is -1.81. The van der Waals surface area contributed by atoms with Crippen molar-refractivity contribution in [3.05, 3.63) is 70.5 Å². The first-order valence-corrected chi connectivity index (χ1v) is 5.92. The van der Waals surface area contributed by atoms with Crippen molar-refractivity contribution < 1.29 is 13.2 Å². The van der Waals surface area contributed by atoms with Gasteiger partial charge in [0.2, 0.25) is 0 Å². The highest BCUT2D eigenvalue weighted by molar-refractivity contribution is 5.37. The monoisotopic (exact) mass is 265 g/mol. The van der Waals surface area contributed by atoms with Gasteiger partial charge < -0.3 is 5.32 Å². The van der Waals surface area contributed by atoms with Gasteiger partial charge in [-0.2, -0.15) is 0 Å². The number of rotatable bonds is 3. The van der Waals surface area contributed by atoms with Gasteiger partial charge >= 0.3 is 0 Å². The predicted molar refractivity (Wildman–Crippen MR) is 68.4 cm³/mol. The molecule has 2 aromatic rings. The average molecular weight is 265 g/mol. The molecular formula is C15H14F3N. The van der Waals surface area contributed by atoms with Gasteiger partial charge in [-0.15, -0.1) is 0 Å². The van der Waals surface area contributed by atoms with Gasteiger partial charge in [-0.05, 0) is 43.3 Å². The molecular weight excluding hydrogens is 251 g/mol. The first kappa shape index (κ1) is 13.6. The first-order chi connectivity index (χ1) is 9.04. The number of benzene rings is 2. The summed E-state index contributed by atoms with van der Waals surface area (Å²) in [5.41, 5.74) is 1.61. The highest BCUT2D eigenvalue weighted by atomic mass is 19.2. The Morgan fingerprint density at radius 1 is 1.00 bits per heavy atom. The molecule has 1 N–H and O–H groups in total. The zero-order chi connectivity index (χ0) is 14.0. The summed E-state index contributed by atoms with van der Waals surface area (Å²) in [7, 11) is 1.65. The first-order valence-electron chi connectivity index (χ1n) is 5.92. The molecule has 0 radical (unpaired) electrons. The number of hydrogen-bond acceptors (Lipinski definition) is 1. The fraction of sp³-hybridized carbons (Fsp3) is 0.200. The van der Waals surface area contributed by atoms with Gasteiger partial charge in [-0.25, -0.2) is 13.2 Å². The smallest absolute Gasteiger partial charge is 0.163 e. The normalized spacial score (nSPS) is 12.5. The number of nitrogens with one attached hydrogen (secondary N) is 1. The van der Waals surface area contributed by atoms with E-state index in [1.807, 2.05) is 0 Å². The molecule has 0 bridgehead atoms. The van der Waals surface area contributed by atoms with E-state index in [4.69, 9.17) is 0 Å². The van der Waals surface area contributed by atoms with Crippen LogP contribution in [0.2, 0.25) is 0 Å². The van der Waals surface area contributed by atoms with Crippen LogP contribution in [0.4, 0.5) is 13.2 Å². The van der Waals surface area contributed by atoms with Crippen LogP contribution < -0.4 is 5.32 Å². The molecule has 1 atom stereocenters. The molecule has 0 heterocycles. The lowest BCUT2D eigenvalue weighted by Gasteiger charge is -2.20. The molecule has 19 heavy (non-hydrogen) atoms. The second kappa shape index (κ2) is 5.45. The van der Waals surface area contributed by atoms with E-state index in [1.54, 1.807) is 20.0 Å². The van der Waals surface area contributed by atoms with Gasteiger partial charge in [0.05, 0.1) is 6.04 Å². The average Bonchev–Trinajstić information content (AvgIpc) is 2.37. The van der Waals surface area contributed by atoms with E-state index in [1.165, 1.54) is 24.3 Å². The van der Waals surface area contributed by atoms with Crippen LogP contribution in [0, 0.1) is 24.4 Å². The van der Waals surface area contributed by atoms with Gasteiger partial charge in [-0.1, -0.05) is 18.2 Å². The third-order valence-corrected chi connectivity index (χ3v) is 3.12. The van der Waals surface area contributed by atoms with Crippen LogP contribution in [0.15, 0.2) is 36.4 Å². The van der Waals surface area contributed by atoms with Gasteiger partial charge in [0.25, 0.3) is 0 Å². The maximum Gasteiger partial charge on any atom is 0.163 e. The van der Waals surface area contributed by atoms with Crippen molar-refractivity contribution in [2.45, 2.75) is 13.0 Å². The number of hydrogen-bond donors (Lipinski definition) is 1. The quantitative estimate of drug-likeness (QED) is 0.891. The molecule has 0 aliphatic heterocycles. The lowest BCUT2D eigenvalue weighted by Crippen LogP contribution is -2.20.